The van der Waals surface area contributed by atoms with Crippen LogP contribution in [0, 0.1) is 0 Å². The molecule has 0 aliphatic heterocycles. The first-order valence-corrected chi connectivity index (χ1v) is 8.56. The Balaban J connectivity index is 2.94. The average molecular weight is 236 g/mol. The molecule has 1 N–H and O–H groups in total. The van der Waals surface area contributed by atoms with Gasteiger partial charge in [0.2, 0.25) is 0 Å². The van der Waals surface area contributed by atoms with Gasteiger partial charge in [0.25, 0.3) is 5.95 Å². The second-order valence-corrected chi connectivity index (χ2v) is 9.52. The lowest BCUT2D eigenvalue weighted by Gasteiger charge is -2.28. The Bertz CT molecular complexity index is 357. The Kier molecular flexibility index (Phi) is 4.18. The third-order valence-corrected chi connectivity index (χ3v) is 7.52. The lowest BCUT2D eigenvalue weighted by molar-refractivity contribution is 0.134. The molecule has 1 unspecified atom stereocenters. The molecule has 0 aliphatic rings. The Morgan fingerprint density at radius 2 is 1.88 bits per heavy atom. The molecule has 0 heterocycles. The van der Waals surface area contributed by atoms with Gasteiger partial charge in [0.15, 0.2) is 0 Å². The number of rotatable bonds is 4. The molecule has 1 aromatic rings. The van der Waals surface area contributed by atoms with Gasteiger partial charge in [0.05, 0.1) is 15.2 Å². The minimum Gasteiger partial charge on any atom is -0.481 e. The highest BCUT2D eigenvalue weighted by Crippen LogP contribution is 2.23. The second kappa shape index (κ2) is 5.21. The van der Waals surface area contributed by atoms with Crippen molar-refractivity contribution in [1.82, 2.24) is 0 Å². The third-order valence-electron chi connectivity index (χ3n) is 3.26. The van der Waals surface area contributed by atoms with Gasteiger partial charge in [-0.25, -0.2) is 0 Å². The van der Waals surface area contributed by atoms with Crippen LogP contribution in [0.25, 0.3) is 0 Å². The molecule has 0 radical (unpaired) electrons. The number of hydrogen-bond donors (Lipinski definition) is 1. The van der Waals surface area contributed by atoms with E-state index in [0.29, 0.717) is 5.54 Å². The molecule has 0 saturated heterocycles. The van der Waals surface area contributed by atoms with Gasteiger partial charge in [0, 0.05) is 0 Å². The monoisotopic (exact) mass is 236 g/mol. The van der Waals surface area contributed by atoms with Gasteiger partial charge in [-0.2, -0.15) is 0 Å². The fraction of sp³-hybridized carbons (Fsp3) is 0.385. The molecule has 0 spiro atoms. The maximum Gasteiger partial charge on any atom is 0.272 e. The van der Waals surface area contributed by atoms with Crippen molar-refractivity contribution >= 4 is 13.3 Å². The van der Waals surface area contributed by atoms with Crippen LogP contribution >= 0.6 is 0 Å². The summed E-state index contributed by atoms with van der Waals surface area (Å²) in [6.07, 6.45) is 1.80. The van der Waals surface area contributed by atoms with Gasteiger partial charge in [-0.05, 0) is 11.6 Å². The quantitative estimate of drug-likeness (QED) is 0.643. The molecule has 2 nitrogen and oxygen atoms in total. The van der Waals surface area contributed by atoms with Crippen molar-refractivity contribution < 1.29 is 9.84 Å². The zero-order chi connectivity index (χ0) is 12.2. The molecular formula is C13H20O2Si. The number of hydrogen-bond acceptors (Lipinski definition) is 2. The molecule has 0 saturated carbocycles. The van der Waals surface area contributed by atoms with E-state index in [1.54, 1.807) is 6.08 Å². The summed E-state index contributed by atoms with van der Waals surface area (Å²) in [7, 11) is -0.0965. The van der Waals surface area contributed by atoms with Crippen LogP contribution in [-0.2, 0) is 4.74 Å². The molecular weight excluding hydrogens is 216 g/mol. The van der Waals surface area contributed by atoms with Crippen LogP contribution in [0.5, 0.6) is 0 Å². The predicted molar refractivity (Wildman–Crippen MR) is 70.7 cm³/mol. The summed E-state index contributed by atoms with van der Waals surface area (Å²) in [5.74, 6) is 0.0176. The number of benzene rings is 1. The van der Waals surface area contributed by atoms with Gasteiger partial charge in [0.1, 0.15) is 0 Å². The third kappa shape index (κ3) is 2.89. The fourth-order valence-electron chi connectivity index (χ4n) is 1.62. The zero-order valence-electron chi connectivity index (χ0n) is 10.4. The van der Waals surface area contributed by atoms with Gasteiger partial charge >= 0.3 is 0 Å². The van der Waals surface area contributed by atoms with E-state index in [1.165, 1.54) is 12.3 Å². The minimum absolute atomic E-state index is 0.0176. The van der Waals surface area contributed by atoms with E-state index in [1.807, 2.05) is 6.07 Å². The van der Waals surface area contributed by atoms with Crippen LogP contribution in [0.1, 0.15) is 6.92 Å². The molecule has 1 atom stereocenters. The van der Waals surface area contributed by atoms with E-state index in [2.05, 4.69) is 44.3 Å². The highest BCUT2D eigenvalue weighted by atomic mass is 28.3. The lowest BCUT2D eigenvalue weighted by atomic mass is 10.4. The summed E-state index contributed by atoms with van der Waals surface area (Å²) < 4.78 is 4.79. The van der Waals surface area contributed by atoms with E-state index in [4.69, 9.17) is 4.74 Å². The number of methoxy groups -OCH3 is 1. The summed E-state index contributed by atoms with van der Waals surface area (Å²) in [5, 5.41) is 10.8. The highest BCUT2D eigenvalue weighted by Gasteiger charge is 2.29. The molecule has 1 rings (SSSR count). The first kappa shape index (κ1) is 12.8. The summed E-state index contributed by atoms with van der Waals surface area (Å²) in [4.78, 5) is 0. The maximum atomic E-state index is 9.40. The molecule has 1 aromatic carbocycles. The van der Waals surface area contributed by atoms with Crippen molar-refractivity contribution in [3.05, 3.63) is 42.4 Å². The van der Waals surface area contributed by atoms with Gasteiger partial charge in [-0.15, -0.1) is 0 Å². The van der Waals surface area contributed by atoms with E-state index >= 15 is 0 Å². The Hall–Kier alpha value is -1.22. The number of aliphatic hydroxyl groups excluding tert-OH is 1. The molecule has 0 aliphatic carbocycles. The topological polar surface area (TPSA) is 29.5 Å². The first-order valence-electron chi connectivity index (χ1n) is 5.48. The molecule has 3 heteroatoms. The number of allylic oxidation sites excluding steroid dienone is 1. The summed E-state index contributed by atoms with van der Waals surface area (Å²) in [5.41, 5.74) is 0.329. The van der Waals surface area contributed by atoms with Crippen molar-refractivity contribution in [3.8, 4) is 0 Å². The summed E-state index contributed by atoms with van der Waals surface area (Å²) in [6, 6.07) is 10.5. The van der Waals surface area contributed by atoms with Crippen molar-refractivity contribution in [1.29, 1.82) is 0 Å². The van der Waals surface area contributed by atoms with Crippen LogP contribution in [0.2, 0.25) is 18.6 Å². The molecule has 0 amide bonds. The molecule has 0 fully saturated rings. The molecule has 0 aromatic heterocycles. The largest absolute Gasteiger partial charge is 0.481 e. The fourth-order valence-corrected chi connectivity index (χ4v) is 3.76. The molecule has 88 valence electrons. The Morgan fingerprint density at radius 1 is 1.31 bits per heavy atom. The first-order chi connectivity index (χ1) is 7.48. The van der Waals surface area contributed by atoms with Crippen LogP contribution in [-0.4, -0.2) is 20.3 Å². The summed E-state index contributed by atoms with van der Waals surface area (Å²) in [6.45, 7) is 6.73. The van der Waals surface area contributed by atoms with Crippen LogP contribution < -0.4 is 5.19 Å². The Labute approximate surface area is 98.6 Å². The Morgan fingerprint density at radius 3 is 2.38 bits per heavy atom. The zero-order valence-corrected chi connectivity index (χ0v) is 11.4. The number of ether oxygens (including phenoxy) is 1. The van der Waals surface area contributed by atoms with Gasteiger partial charge < -0.3 is 9.84 Å². The van der Waals surface area contributed by atoms with Crippen molar-refractivity contribution in [2.24, 2.45) is 0 Å². The minimum atomic E-state index is -1.58. The predicted octanol–water partition coefficient (Wildman–Crippen LogP) is 3.04. The van der Waals surface area contributed by atoms with Crippen LogP contribution in [0.15, 0.2) is 42.4 Å². The number of aliphatic hydroxyl groups is 1. The SMILES string of the molecule is CO/C(O)=C/C(C)[Si](C)(C)c1ccccc1. The maximum absolute atomic E-state index is 9.40. The normalized spacial score (nSPS) is 14.6. The molecule has 16 heavy (non-hydrogen) atoms. The van der Waals surface area contributed by atoms with Crippen LogP contribution in [0.3, 0.4) is 0 Å². The van der Waals surface area contributed by atoms with Crippen molar-refractivity contribution in [2.75, 3.05) is 7.11 Å². The molecule has 0 bridgehead atoms. The second-order valence-electron chi connectivity index (χ2n) is 4.59. The average Bonchev–Trinajstić information content (AvgIpc) is 2.29. The van der Waals surface area contributed by atoms with E-state index < -0.39 is 8.07 Å². The lowest BCUT2D eigenvalue weighted by Crippen LogP contribution is -2.44. The van der Waals surface area contributed by atoms with E-state index in [-0.39, 0.29) is 5.95 Å². The van der Waals surface area contributed by atoms with Gasteiger partial charge in [-0.1, -0.05) is 55.5 Å². The van der Waals surface area contributed by atoms with Crippen molar-refractivity contribution in [3.63, 3.8) is 0 Å². The van der Waals surface area contributed by atoms with E-state index in [0.717, 1.165) is 0 Å². The highest BCUT2D eigenvalue weighted by molar-refractivity contribution is 6.91. The van der Waals surface area contributed by atoms with Crippen LogP contribution in [0.4, 0.5) is 0 Å². The smallest absolute Gasteiger partial charge is 0.272 e. The standard InChI is InChI=1S/C13H20O2Si/c1-11(10-13(14)15-2)16(3,4)12-8-6-5-7-9-12/h5-11,14H,1-4H3/b13-10+. The van der Waals surface area contributed by atoms with Crippen molar-refractivity contribution in [2.45, 2.75) is 25.6 Å². The van der Waals surface area contributed by atoms with E-state index in [9.17, 15) is 5.11 Å². The van der Waals surface area contributed by atoms with Gasteiger partial charge in [-0.3, -0.25) is 0 Å². The summed E-state index contributed by atoms with van der Waals surface area (Å²) >= 11 is 0.